The van der Waals surface area contributed by atoms with Gasteiger partial charge in [0.05, 0.1) is 18.3 Å². The Bertz CT molecular complexity index is 1420. The predicted octanol–water partition coefficient (Wildman–Crippen LogP) is 6.44. The first kappa shape index (κ1) is 24.9. The Morgan fingerprint density at radius 2 is 1.89 bits per heavy atom. The fraction of sp³-hybridized carbons (Fsp3) is 0.296. The van der Waals surface area contributed by atoms with Crippen molar-refractivity contribution in [2.24, 2.45) is 0 Å². The molecule has 0 fully saturated rings. The van der Waals surface area contributed by atoms with Crippen LogP contribution in [0.3, 0.4) is 0 Å². The molecule has 2 aromatic carbocycles. The number of carbonyl (C=O) groups is 1. The van der Waals surface area contributed by atoms with Gasteiger partial charge in [0.15, 0.2) is 0 Å². The molecule has 0 radical (unpaired) electrons. The number of nitrogens with zero attached hydrogens (tertiary/aromatic N) is 2. The third-order valence-corrected chi connectivity index (χ3v) is 7.20. The summed E-state index contributed by atoms with van der Waals surface area (Å²) >= 11 is 7.41. The minimum Gasteiger partial charge on any atom is -0.496 e. The van der Waals surface area contributed by atoms with Crippen molar-refractivity contribution in [3.05, 3.63) is 75.8 Å². The Morgan fingerprint density at radius 1 is 1.14 bits per heavy atom. The standard InChI is InChI=1S/C27H27ClN2O4S/c1-5-24(31)34-27(2,3)13-12-17-8-11-20(14-22(17)33-4)30-16-29-21-15-23(35-25(21)26(30)32)18-6-9-19(28)10-7-18/h6-11,14-16H,5,12-13H2,1-4H3. The lowest BCUT2D eigenvalue weighted by molar-refractivity contribution is -0.156. The maximum Gasteiger partial charge on any atom is 0.306 e. The molecule has 2 aromatic heterocycles. The van der Waals surface area contributed by atoms with Gasteiger partial charge >= 0.3 is 5.97 Å². The lowest BCUT2D eigenvalue weighted by atomic mass is 9.97. The largest absolute Gasteiger partial charge is 0.496 e. The molecule has 4 aromatic rings. The topological polar surface area (TPSA) is 70.4 Å². The maximum absolute atomic E-state index is 13.3. The molecule has 182 valence electrons. The van der Waals surface area contributed by atoms with Crippen LogP contribution in [0.25, 0.3) is 26.3 Å². The smallest absolute Gasteiger partial charge is 0.306 e. The highest BCUT2D eigenvalue weighted by molar-refractivity contribution is 7.22. The molecule has 0 saturated carbocycles. The number of methoxy groups -OCH3 is 1. The number of hydrogen-bond acceptors (Lipinski definition) is 6. The maximum atomic E-state index is 13.3. The summed E-state index contributed by atoms with van der Waals surface area (Å²) in [6, 6.07) is 15.1. The summed E-state index contributed by atoms with van der Waals surface area (Å²) in [7, 11) is 1.60. The Morgan fingerprint density at radius 3 is 2.57 bits per heavy atom. The van der Waals surface area contributed by atoms with Crippen LogP contribution in [-0.2, 0) is 16.0 Å². The van der Waals surface area contributed by atoms with Crippen molar-refractivity contribution in [1.82, 2.24) is 9.55 Å². The van der Waals surface area contributed by atoms with Crippen molar-refractivity contribution in [2.75, 3.05) is 7.11 Å². The molecule has 0 spiro atoms. The van der Waals surface area contributed by atoms with Gasteiger partial charge in [-0.2, -0.15) is 0 Å². The number of fused-ring (bicyclic) bond motifs is 1. The average Bonchev–Trinajstić information content (AvgIpc) is 3.28. The minimum absolute atomic E-state index is 0.136. The average molecular weight is 511 g/mol. The Kier molecular flexibility index (Phi) is 7.28. The third-order valence-electron chi connectivity index (χ3n) is 5.79. The predicted molar refractivity (Wildman–Crippen MR) is 141 cm³/mol. The highest BCUT2D eigenvalue weighted by Gasteiger charge is 2.23. The van der Waals surface area contributed by atoms with Gasteiger partial charge in [0.1, 0.15) is 22.4 Å². The Labute approximate surface area is 213 Å². The van der Waals surface area contributed by atoms with Crippen LogP contribution in [0.5, 0.6) is 5.75 Å². The number of hydrogen-bond donors (Lipinski definition) is 0. The van der Waals surface area contributed by atoms with E-state index in [1.165, 1.54) is 15.9 Å². The zero-order valence-corrected chi connectivity index (χ0v) is 21.7. The van der Waals surface area contributed by atoms with E-state index in [-0.39, 0.29) is 11.5 Å². The molecular weight excluding hydrogens is 484 g/mol. The van der Waals surface area contributed by atoms with Crippen LogP contribution in [0.4, 0.5) is 0 Å². The van der Waals surface area contributed by atoms with E-state index < -0.39 is 5.60 Å². The normalized spacial score (nSPS) is 11.6. The Balaban J connectivity index is 1.62. The van der Waals surface area contributed by atoms with Gasteiger partial charge in [-0.05, 0) is 62.1 Å². The number of thiophene rings is 1. The van der Waals surface area contributed by atoms with Crippen LogP contribution in [-0.4, -0.2) is 28.2 Å². The van der Waals surface area contributed by atoms with E-state index in [2.05, 4.69) is 4.98 Å². The number of carbonyl (C=O) groups excluding carboxylic acids is 1. The summed E-state index contributed by atoms with van der Waals surface area (Å²) in [4.78, 5) is 30.5. The molecule has 0 unspecified atom stereocenters. The van der Waals surface area contributed by atoms with Crippen LogP contribution in [0.2, 0.25) is 5.02 Å². The summed E-state index contributed by atoms with van der Waals surface area (Å²) in [5.74, 6) is 0.451. The van der Waals surface area contributed by atoms with E-state index in [4.69, 9.17) is 21.1 Å². The van der Waals surface area contributed by atoms with Crippen LogP contribution < -0.4 is 10.3 Å². The summed E-state index contributed by atoms with van der Waals surface area (Å²) in [5.41, 5.74) is 2.57. The Hall–Kier alpha value is -3.16. The van der Waals surface area contributed by atoms with Crippen molar-refractivity contribution >= 4 is 39.1 Å². The lowest BCUT2D eigenvalue weighted by Crippen LogP contribution is -2.28. The number of rotatable bonds is 8. The monoisotopic (exact) mass is 510 g/mol. The number of esters is 1. The van der Waals surface area contributed by atoms with E-state index in [1.807, 2.05) is 62.4 Å². The van der Waals surface area contributed by atoms with E-state index in [0.29, 0.717) is 45.9 Å². The quantitative estimate of drug-likeness (QED) is 0.255. The first-order chi connectivity index (χ1) is 16.7. The van der Waals surface area contributed by atoms with Gasteiger partial charge in [0.2, 0.25) is 0 Å². The van der Waals surface area contributed by atoms with Crippen molar-refractivity contribution in [3.63, 3.8) is 0 Å². The number of aromatic nitrogens is 2. The summed E-state index contributed by atoms with van der Waals surface area (Å²) in [5, 5.41) is 0.665. The van der Waals surface area contributed by atoms with E-state index in [0.717, 1.165) is 16.0 Å². The molecular formula is C27H27ClN2O4S. The highest BCUT2D eigenvalue weighted by atomic mass is 35.5. The molecule has 0 bridgehead atoms. The lowest BCUT2D eigenvalue weighted by Gasteiger charge is -2.25. The van der Waals surface area contributed by atoms with Gasteiger partial charge in [-0.1, -0.05) is 36.7 Å². The summed E-state index contributed by atoms with van der Waals surface area (Å²) in [6.45, 7) is 5.59. The molecule has 0 aliphatic heterocycles. The van der Waals surface area contributed by atoms with E-state index >= 15 is 0 Å². The fourth-order valence-corrected chi connectivity index (χ4v) is 4.98. The van der Waals surface area contributed by atoms with E-state index in [9.17, 15) is 9.59 Å². The van der Waals surface area contributed by atoms with Crippen LogP contribution in [0.1, 0.15) is 39.2 Å². The molecule has 0 aliphatic rings. The molecule has 8 heteroatoms. The van der Waals surface area contributed by atoms with Gasteiger partial charge in [-0.3, -0.25) is 14.2 Å². The molecule has 0 atom stereocenters. The van der Waals surface area contributed by atoms with Gasteiger partial charge in [0.25, 0.3) is 5.56 Å². The molecule has 2 heterocycles. The molecule has 0 amide bonds. The van der Waals surface area contributed by atoms with E-state index in [1.54, 1.807) is 20.4 Å². The van der Waals surface area contributed by atoms with Crippen LogP contribution >= 0.6 is 22.9 Å². The van der Waals surface area contributed by atoms with Gasteiger partial charge in [0, 0.05) is 22.4 Å². The third kappa shape index (κ3) is 5.57. The van der Waals surface area contributed by atoms with Gasteiger partial charge < -0.3 is 9.47 Å². The first-order valence-corrected chi connectivity index (χ1v) is 12.6. The SMILES string of the molecule is CCC(=O)OC(C)(C)CCc1ccc(-n2cnc3cc(-c4ccc(Cl)cc4)sc3c2=O)cc1OC. The summed E-state index contributed by atoms with van der Waals surface area (Å²) < 4.78 is 13.3. The molecule has 6 nitrogen and oxygen atoms in total. The number of aryl methyl sites for hydroxylation is 1. The molecule has 0 saturated heterocycles. The first-order valence-electron chi connectivity index (χ1n) is 11.4. The van der Waals surface area contributed by atoms with Gasteiger partial charge in [-0.15, -0.1) is 11.3 Å². The van der Waals surface area contributed by atoms with Crippen molar-refractivity contribution < 1.29 is 14.3 Å². The minimum atomic E-state index is -0.580. The molecule has 0 N–H and O–H groups in total. The van der Waals surface area contributed by atoms with Crippen LogP contribution in [0.15, 0.2) is 59.7 Å². The zero-order valence-electron chi connectivity index (χ0n) is 20.1. The number of halogens is 1. The van der Waals surface area contributed by atoms with Crippen LogP contribution in [0, 0.1) is 0 Å². The second kappa shape index (κ2) is 10.2. The molecule has 4 rings (SSSR count). The van der Waals surface area contributed by atoms with Crippen molar-refractivity contribution in [2.45, 2.75) is 45.6 Å². The highest BCUT2D eigenvalue weighted by Crippen LogP contribution is 2.32. The molecule has 35 heavy (non-hydrogen) atoms. The van der Waals surface area contributed by atoms with Crippen molar-refractivity contribution in [1.29, 1.82) is 0 Å². The second-order valence-corrected chi connectivity index (χ2v) is 10.3. The second-order valence-electron chi connectivity index (χ2n) is 8.84. The number of benzene rings is 2. The van der Waals surface area contributed by atoms with Gasteiger partial charge in [-0.25, -0.2) is 4.98 Å². The number of ether oxygens (including phenoxy) is 2. The fourth-order valence-electron chi connectivity index (χ4n) is 3.81. The zero-order chi connectivity index (χ0) is 25.2. The van der Waals surface area contributed by atoms with Crippen molar-refractivity contribution in [3.8, 4) is 21.9 Å². The summed E-state index contributed by atoms with van der Waals surface area (Å²) in [6.07, 6.45) is 3.20. The molecule has 0 aliphatic carbocycles.